The lowest BCUT2D eigenvalue weighted by molar-refractivity contribution is 0.522. The summed E-state index contributed by atoms with van der Waals surface area (Å²) in [4.78, 5) is 6.74. The van der Waals surface area contributed by atoms with Crippen LogP contribution in [0, 0.1) is 13.8 Å². The third kappa shape index (κ3) is 3.85. The normalized spacial score (nSPS) is 15.5. The minimum atomic E-state index is 0.320. The average molecular weight is 349 g/mol. The molecule has 0 saturated carbocycles. The van der Waals surface area contributed by atoms with E-state index in [1.165, 1.54) is 40.7 Å². The van der Waals surface area contributed by atoms with Gasteiger partial charge in [-0.1, -0.05) is 38.1 Å². The molecule has 2 nitrogen and oxygen atoms in total. The Kier molecular flexibility index (Phi) is 5.22. The van der Waals surface area contributed by atoms with Crippen LogP contribution in [0.1, 0.15) is 60.6 Å². The van der Waals surface area contributed by atoms with Gasteiger partial charge in [-0.2, -0.15) is 0 Å². The molecule has 0 aliphatic heterocycles. The zero-order chi connectivity index (χ0) is 18.9. The number of hydrogen-bond acceptors (Lipinski definition) is 1. The van der Waals surface area contributed by atoms with E-state index in [-0.39, 0.29) is 0 Å². The molecule has 2 aromatic rings. The van der Waals surface area contributed by atoms with Crippen molar-refractivity contribution in [1.29, 1.82) is 0 Å². The molecular weight excluding hydrogens is 316 g/mol. The van der Waals surface area contributed by atoms with Crippen molar-refractivity contribution in [3.05, 3.63) is 63.7 Å². The van der Waals surface area contributed by atoms with Gasteiger partial charge in [0.15, 0.2) is 0 Å². The van der Waals surface area contributed by atoms with Gasteiger partial charge in [0.05, 0.1) is 12.0 Å². The molecule has 0 atom stereocenters. The minimum Gasteiger partial charge on any atom is -0.366 e. The molecule has 0 fully saturated rings. The molecule has 3 rings (SSSR count). The van der Waals surface area contributed by atoms with Gasteiger partial charge in [0, 0.05) is 13.6 Å². The van der Waals surface area contributed by atoms with Crippen molar-refractivity contribution in [2.45, 2.75) is 59.3 Å². The predicted molar refractivity (Wildman–Crippen MR) is 113 cm³/mol. The van der Waals surface area contributed by atoms with E-state index < -0.39 is 0 Å². The highest BCUT2D eigenvalue weighted by Crippen LogP contribution is 2.39. The smallest absolute Gasteiger partial charge is 0.0909 e. The van der Waals surface area contributed by atoms with Crippen LogP contribution < -0.4 is 0 Å². The molecule has 0 radical (unpaired) electrons. The van der Waals surface area contributed by atoms with E-state index in [1.54, 1.807) is 5.56 Å². The van der Waals surface area contributed by atoms with Crippen molar-refractivity contribution in [3.63, 3.8) is 0 Å². The second-order valence-corrected chi connectivity index (χ2v) is 8.44. The van der Waals surface area contributed by atoms with Gasteiger partial charge >= 0.3 is 0 Å². The molecule has 1 aliphatic carbocycles. The van der Waals surface area contributed by atoms with Gasteiger partial charge in [-0.15, -0.1) is 0 Å². The molecule has 0 amide bonds. The lowest BCUT2D eigenvalue weighted by Gasteiger charge is -2.20. The highest BCUT2D eigenvalue weighted by Gasteiger charge is 2.29. The van der Waals surface area contributed by atoms with Crippen molar-refractivity contribution in [2.24, 2.45) is 4.99 Å². The third-order valence-corrected chi connectivity index (χ3v) is 5.86. The summed E-state index contributed by atoms with van der Waals surface area (Å²) in [6.45, 7) is 12.2. The molecule has 0 unspecified atom stereocenters. The number of fused-ring (bicyclic) bond motifs is 1. The molecular formula is C24H32N2. The summed E-state index contributed by atoms with van der Waals surface area (Å²) in [6.07, 6.45) is 5.40. The van der Waals surface area contributed by atoms with Gasteiger partial charge in [0.1, 0.15) is 0 Å². The van der Waals surface area contributed by atoms with E-state index in [4.69, 9.17) is 0 Å². The maximum absolute atomic E-state index is 4.65. The number of hydrogen-bond donors (Lipinski definition) is 0. The summed E-state index contributed by atoms with van der Waals surface area (Å²) in [7, 11) is 2.05. The molecule has 0 bridgehead atoms. The summed E-state index contributed by atoms with van der Waals surface area (Å²) < 4.78 is 0. The van der Waals surface area contributed by atoms with Gasteiger partial charge in [0.2, 0.25) is 0 Å². The Labute approximate surface area is 159 Å². The molecule has 0 saturated heterocycles. The van der Waals surface area contributed by atoms with Crippen LogP contribution in [0.15, 0.2) is 35.3 Å². The zero-order valence-corrected chi connectivity index (χ0v) is 17.2. The fraction of sp³-hybridized carbons (Fsp3) is 0.458. The van der Waals surface area contributed by atoms with Gasteiger partial charge in [-0.25, -0.2) is 4.99 Å². The Morgan fingerprint density at radius 1 is 1.12 bits per heavy atom. The van der Waals surface area contributed by atoms with Crippen LogP contribution in [0.2, 0.25) is 0 Å². The molecule has 26 heavy (non-hydrogen) atoms. The summed E-state index contributed by atoms with van der Waals surface area (Å²) in [5.74, 6) is 0. The van der Waals surface area contributed by atoms with Crippen LogP contribution in [0.25, 0.3) is 0 Å². The molecule has 0 heterocycles. The summed E-state index contributed by atoms with van der Waals surface area (Å²) in [6, 6.07) is 11.6. The first-order chi connectivity index (χ1) is 12.3. The Bertz CT molecular complexity index is 830. The van der Waals surface area contributed by atoms with Crippen LogP contribution in [0.4, 0.5) is 5.69 Å². The molecule has 0 aromatic heterocycles. The Hall–Kier alpha value is -2.09. The molecule has 138 valence electrons. The van der Waals surface area contributed by atoms with Crippen molar-refractivity contribution in [3.8, 4) is 0 Å². The average Bonchev–Trinajstić information content (AvgIpc) is 2.91. The SMILES string of the molecule is CCN(C)/C=N\c1cc(C)c(Cc2ccc3c(c2)C(C)(C)CC3)cc1C. The third-order valence-electron chi connectivity index (χ3n) is 5.86. The first-order valence-corrected chi connectivity index (χ1v) is 9.77. The van der Waals surface area contributed by atoms with Gasteiger partial charge < -0.3 is 4.90 Å². The molecule has 2 aromatic carbocycles. The zero-order valence-electron chi connectivity index (χ0n) is 17.2. The Balaban J connectivity index is 1.85. The van der Waals surface area contributed by atoms with Gasteiger partial charge in [0.25, 0.3) is 0 Å². The number of aliphatic imine (C=N–C) groups is 1. The Morgan fingerprint density at radius 3 is 2.62 bits per heavy atom. The Morgan fingerprint density at radius 2 is 1.88 bits per heavy atom. The van der Waals surface area contributed by atoms with Crippen LogP contribution in [-0.2, 0) is 18.3 Å². The maximum Gasteiger partial charge on any atom is 0.0909 e. The first kappa shape index (κ1) is 18.7. The van der Waals surface area contributed by atoms with Crippen molar-refractivity contribution >= 4 is 12.0 Å². The van der Waals surface area contributed by atoms with Crippen LogP contribution >= 0.6 is 0 Å². The largest absolute Gasteiger partial charge is 0.366 e. The van der Waals surface area contributed by atoms with Crippen LogP contribution in [0.5, 0.6) is 0 Å². The fourth-order valence-corrected chi connectivity index (χ4v) is 3.82. The van der Waals surface area contributed by atoms with E-state index in [0.29, 0.717) is 5.41 Å². The molecule has 1 aliphatic rings. The first-order valence-electron chi connectivity index (χ1n) is 9.77. The summed E-state index contributed by atoms with van der Waals surface area (Å²) >= 11 is 0. The number of nitrogens with zero attached hydrogens (tertiary/aromatic N) is 2. The van der Waals surface area contributed by atoms with Crippen molar-refractivity contribution < 1.29 is 0 Å². The maximum atomic E-state index is 4.65. The van der Waals surface area contributed by atoms with Gasteiger partial charge in [-0.3, -0.25) is 0 Å². The number of rotatable bonds is 5. The van der Waals surface area contributed by atoms with E-state index in [2.05, 4.69) is 81.9 Å². The highest BCUT2D eigenvalue weighted by molar-refractivity contribution is 5.64. The summed E-state index contributed by atoms with van der Waals surface area (Å²) in [5, 5.41) is 0. The molecule has 2 heteroatoms. The number of benzene rings is 2. The van der Waals surface area contributed by atoms with E-state index in [9.17, 15) is 0 Å². The quantitative estimate of drug-likeness (QED) is 0.498. The molecule has 0 spiro atoms. The van der Waals surface area contributed by atoms with Gasteiger partial charge in [-0.05, 0) is 84.9 Å². The van der Waals surface area contributed by atoms with E-state index in [1.807, 2.05) is 6.34 Å². The number of aryl methyl sites for hydroxylation is 3. The van der Waals surface area contributed by atoms with Crippen molar-refractivity contribution in [1.82, 2.24) is 4.90 Å². The second kappa shape index (κ2) is 7.26. The van der Waals surface area contributed by atoms with Crippen LogP contribution in [-0.4, -0.2) is 24.8 Å². The lowest BCUT2D eigenvalue weighted by Crippen LogP contribution is -2.14. The van der Waals surface area contributed by atoms with Crippen molar-refractivity contribution in [2.75, 3.05) is 13.6 Å². The topological polar surface area (TPSA) is 15.6 Å². The minimum absolute atomic E-state index is 0.320. The monoisotopic (exact) mass is 348 g/mol. The highest BCUT2D eigenvalue weighted by atomic mass is 15.1. The molecule has 0 N–H and O–H groups in total. The predicted octanol–water partition coefficient (Wildman–Crippen LogP) is 5.73. The van der Waals surface area contributed by atoms with Crippen LogP contribution in [0.3, 0.4) is 0 Å². The lowest BCUT2D eigenvalue weighted by atomic mass is 9.85. The van der Waals surface area contributed by atoms with E-state index >= 15 is 0 Å². The summed E-state index contributed by atoms with van der Waals surface area (Å²) in [5.41, 5.74) is 9.87. The standard InChI is InChI=1S/C24H32N2/c1-7-26(6)16-25-23-13-17(2)21(12-18(23)3)14-19-8-9-20-10-11-24(4,5)22(20)15-19/h8-9,12-13,15-16H,7,10-11,14H2,1-6H3/b25-16-. The second-order valence-electron chi connectivity index (χ2n) is 8.44. The van der Waals surface area contributed by atoms with E-state index in [0.717, 1.165) is 18.7 Å². The fourth-order valence-electron chi connectivity index (χ4n) is 3.82.